The molecule has 0 aromatic rings. The maximum Gasteiger partial charge on any atom is 0.0180 e. The van der Waals surface area contributed by atoms with E-state index in [0.717, 1.165) is 0 Å². The molecule has 0 bridgehead atoms. The van der Waals surface area contributed by atoms with Crippen LogP contribution in [0.2, 0.25) is 0 Å². The quantitative estimate of drug-likeness (QED) is 0.642. The lowest BCUT2D eigenvalue weighted by Crippen LogP contribution is -2.45. The van der Waals surface area contributed by atoms with E-state index in [2.05, 4.69) is 27.7 Å². The lowest BCUT2D eigenvalue weighted by Gasteiger charge is -2.35. The summed E-state index contributed by atoms with van der Waals surface area (Å²) < 4.78 is 0. The molecule has 0 aliphatic heterocycles. The Labute approximate surface area is 84.1 Å². The SMILES string of the molecule is CCCC(C)C(N)(CCC)CCC. The Hall–Kier alpha value is -0.0400. The molecule has 13 heavy (non-hydrogen) atoms. The fourth-order valence-electron chi connectivity index (χ4n) is 2.27. The zero-order valence-electron chi connectivity index (χ0n) is 9.90. The van der Waals surface area contributed by atoms with Crippen LogP contribution in [0.3, 0.4) is 0 Å². The molecule has 0 heterocycles. The first-order chi connectivity index (χ1) is 6.10. The Morgan fingerprint density at radius 2 is 1.46 bits per heavy atom. The predicted molar refractivity (Wildman–Crippen MR) is 60.8 cm³/mol. The number of rotatable bonds is 7. The first-order valence-electron chi connectivity index (χ1n) is 5.89. The minimum Gasteiger partial charge on any atom is -0.325 e. The Morgan fingerprint density at radius 1 is 1.00 bits per heavy atom. The first kappa shape index (κ1) is 13.0. The fourth-order valence-corrected chi connectivity index (χ4v) is 2.27. The third-order valence-corrected chi connectivity index (χ3v) is 3.13. The molecule has 1 atom stereocenters. The molecule has 2 N–H and O–H groups in total. The van der Waals surface area contributed by atoms with Gasteiger partial charge in [0.2, 0.25) is 0 Å². The van der Waals surface area contributed by atoms with Crippen LogP contribution in [0, 0.1) is 5.92 Å². The average Bonchev–Trinajstić information content (AvgIpc) is 2.05. The zero-order valence-corrected chi connectivity index (χ0v) is 9.90. The first-order valence-corrected chi connectivity index (χ1v) is 5.89. The van der Waals surface area contributed by atoms with Crippen molar-refractivity contribution < 1.29 is 0 Å². The zero-order chi connectivity index (χ0) is 10.3. The maximum absolute atomic E-state index is 6.45. The molecular formula is C12H27N. The van der Waals surface area contributed by atoms with Gasteiger partial charge in [-0.25, -0.2) is 0 Å². The summed E-state index contributed by atoms with van der Waals surface area (Å²) in [4.78, 5) is 0. The van der Waals surface area contributed by atoms with Gasteiger partial charge in [-0.2, -0.15) is 0 Å². The second-order valence-corrected chi connectivity index (χ2v) is 4.42. The van der Waals surface area contributed by atoms with Crippen LogP contribution in [0.15, 0.2) is 0 Å². The molecule has 0 spiro atoms. The molecule has 0 radical (unpaired) electrons. The van der Waals surface area contributed by atoms with Crippen molar-refractivity contribution in [1.29, 1.82) is 0 Å². The third kappa shape index (κ3) is 4.12. The summed E-state index contributed by atoms with van der Waals surface area (Å²) in [6, 6.07) is 0. The maximum atomic E-state index is 6.45. The van der Waals surface area contributed by atoms with Gasteiger partial charge in [0.05, 0.1) is 0 Å². The highest BCUT2D eigenvalue weighted by atomic mass is 14.7. The van der Waals surface area contributed by atoms with Crippen LogP contribution in [0.1, 0.15) is 66.2 Å². The monoisotopic (exact) mass is 185 g/mol. The minimum atomic E-state index is 0.111. The van der Waals surface area contributed by atoms with Gasteiger partial charge >= 0.3 is 0 Å². The third-order valence-electron chi connectivity index (χ3n) is 3.13. The van der Waals surface area contributed by atoms with Crippen LogP contribution in [-0.4, -0.2) is 5.54 Å². The van der Waals surface area contributed by atoms with Crippen LogP contribution in [0.25, 0.3) is 0 Å². The molecule has 0 aliphatic rings. The summed E-state index contributed by atoms with van der Waals surface area (Å²) in [7, 11) is 0. The van der Waals surface area contributed by atoms with E-state index in [1.54, 1.807) is 0 Å². The molecule has 1 unspecified atom stereocenters. The van der Waals surface area contributed by atoms with Crippen molar-refractivity contribution in [3.8, 4) is 0 Å². The fraction of sp³-hybridized carbons (Fsp3) is 1.00. The lowest BCUT2D eigenvalue weighted by atomic mass is 9.77. The van der Waals surface area contributed by atoms with E-state index >= 15 is 0 Å². The second kappa shape index (κ2) is 6.42. The molecular weight excluding hydrogens is 158 g/mol. The summed E-state index contributed by atoms with van der Waals surface area (Å²) in [6.45, 7) is 9.02. The van der Waals surface area contributed by atoms with Crippen LogP contribution >= 0.6 is 0 Å². The highest BCUT2D eigenvalue weighted by molar-refractivity contribution is 4.88. The van der Waals surface area contributed by atoms with Crippen LogP contribution in [-0.2, 0) is 0 Å². The van der Waals surface area contributed by atoms with E-state index in [9.17, 15) is 0 Å². The van der Waals surface area contributed by atoms with Gasteiger partial charge in [0.15, 0.2) is 0 Å². The normalized spacial score (nSPS) is 14.5. The Morgan fingerprint density at radius 3 is 1.77 bits per heavy atom. The highest BCUT2D eigenvalue weighted by Gasteiger charge is 2.28. The molecule has 0 aliphatic carbocycles. The van der Waals surface area contributed by atoms with Crippen molar-refractivity contribution in [2.24, 2.45) is 11.7 Å². The largest absolute Gasteiger partial charge is 0.325 e. The van der Waals surface area contributed by atoms with Gasteiger partial charge in [0.25, 0.3) is 0 Å². The van der Waals surface area contributed by atoms with Crippen LogP contribution in [0.4, 0.5) is 0 Å². The molecule has 0 fully saturated rings. The van der Waals surface area contributed by atoms with Crippen molar-refractivity contribution in [1.82, 2.24) is 0 Å². The smallest absolute Gasteiger partial charge is 0.0180 e. The predicted octanol–water partition coefficient (Wildman–Crippen LogP) is 3.72. The van der Waals surface area contributed by atoms with E-state index in [0.29, 0.717) is 5.92 Å². The summed E-state index contributed by atoms with van der Waals surface area (Å²) in [5.41, 5.74) is 6.56. The lowest BCUT2D eigenvalue weighted by molar-refractivity contribution is 0.233. The van der Waals surface area contributed by atoms with Gasteiger partial charge in [0, 0.05) is 5.54 Å². The summed E-state index contributed by atoms with van der Waals surface area (Å²) in [5, 5.41) is 0. The van der Waals surface area contributed by atoms with Gasteiger partial charge in [-0.15, -0.1) is 0 Å². The second-order valence-electron chi connectivity index (χ2n) is 4.42. The molecule has 0 aromatic carbocycles. The van der Waals surface area contributed by atoms with Crippen LogP contribution < -0.4 is 5.73 Å². The van der Waals surface area contributed by atoms with E-state index in [1.807, 2.05) is 0 Å². The van der Waals surface area contributed by atoms with E-state index in [-0.39, 0.29) is 5.54 Å². The average molecular weight is 185 g/mol. The van der Waals surface area contributed by atoms with Gasteiger partial charge < -0.3 is 5.73 Å². The Kier molecular flexibility index (Phi) is 6.40. The highest BCUT2D eigenvalue weighted by Crippen LogP contribution is 2.28. The van der Waals surface area contributed by atoms with Crippen molar-refractivity contribution in [2.75, 3.05) is 0 Å². The van der Waals surface area contributed by atoms with E-state index < -0.39 is 0 Å². The molecule has 0 saturated heterocycles. The molecule has 0 aromatic heterocycles. The van der Waals surface area contributed by atoms with Gasteiger partial charge in [0.1, 0.15) is 0 Å². The number of nitrogens with two attached hydrogens (primary N) is 1. The molecule has 80 valence electrons. The standard InChI is InChI=1S/C12H27N/c1-5-8-11(4)12(13,9-6-2)10-7-3/h11H,5-10,13H2,1-4H3. The molecule has 0 rings (SSSR count). The topological polar surface area (TPSA) is 26.0 Å². The Balaban J connectivity index is 4.18. The van der Waals surface area contributed by atoms with Crippen molar-refractivity contribution >= 4 is 0 Å². The molecule has 1 heteroatoms. The summed E-state index contributed by atoms with van der Waals surface area (Å²) in [5.74, 6) is 0.678. The van der Waals surface area contributed by atoms with Gasteiger partial charge in [-0.1, -0.05) is 47.0 Å². The van der Waals surface area contributed by atoms with Crippen molar-refractivity contribution in [3.63, 3.8) is 0 Å². The molecule has 0 amide bonds. The van der Waals surface area contributed by atoms with Gasteiger partial charge in [-0.3, -0.25) is 0 Å². The van der Waals surface area contributed by atoms with E-state index in [1.165, 1.54) is 38.5 Å². The van der Waals surface area contributed by atoms with E-state index in [4.69, 9.17) is 5.73 Å². The summed E-state index contributed by atoms with van der Waals surface area (Å²) >= 11 is 0. The number of hydrogen-bond acceptors (Lipinski definition) is 1. The number of hydrogen-bond donors (Lipinski definition) is 1. The molecule has 0 saturated carbocycles. The van der Waals surface area contributed by atoms with Crippen molar-refractivity contribution in [3.05, 3.63) is 0 Å². The van der Waals surface area contributed by atoms with Crippen molar-refractivity contribution in [2.45, 2.75) is 71.8 Å². The Bertz CT molecular complexity index is 114. The molecule has 1 nitrogen and oxygen atoms in total. The van der Waals surface area contributed by atoms with Gasteiger partial charge in [-0.05, 0) is 25.2 Å². The summed E-state index contributed by atoms with van der Waals surface area (Å²) in [6.07, 6.45) is 7.32. The minimum absolute atomic E-state index is 0.111. The van der Waals surface area contributed by atoms with Crippen LogP contribution in [0.5, 0.6) is 0 Å².